The van der Waals surface area contributed by atoms with Gasteiger partial charge in [-0.2, -0.15) is 0 Å². The summed E-state index contributed by atoms with van der Waals surface area (Å²) in [4.78, 5) is 0. The topological polar surface area (TPSA) is 29.5 Å². The van der Waals surface area contributed by atoms with E-state index in [2.05, 4.69) is 0 Å². The van der Waals surface area contributed by atoms with Crippen LogP contribution in [-0.4, -0.2) is 12.2 Å². The van der Waals surface area contributed by atoms with E-state index in [4.69, 9.17) is 4.74 Å². The highest BCUT2D eigenvalue weighted by Crippen LogP contribution is 2.42. The van der Waals surface area contributed by atoms with Gasteiger partial charge in [0, 0.05) is 5.56 Å². The Labute approximate surface area is 84.5 Å². The second kappa shape index (κ2) is 3.62. The molecular formula is C12H16O2. The molecule has 2 heteroatoms. The number of para-hydroxylation sites is 1. The number of benzene rings is 1. The van der Waals surface area contributed by atoms with Crippen molar-refractivity contribution in [2.45, 2.75) is 31.3 Å². The van der Waals surface area contributed by atoms with Gasteiger partial charge in [0.1, 0.15) is 5.75 Å². The fourth-order valence-electron chi connectivity index (χ4n) is 2.26. The van der Waals surface area contributed by atoms with Crippen LogP contribution in [0.4, 0.5) is 0 Å². The number of methoxy groups -OCH3 is 1. The molecular weight excluding hydrogens is 176 g/mol. The van der Waals surface area contributed by atoms with Gasteiger partial charge in [-0.25, -0.2) is 0 Å². The number of hydrogen-bond acceptors (Lipinski definition) is 2. The van der Waals surface area contributed by atoms with Crippen molar-refractivity contribution >= 4 is 0 Å². The van der Waals surface area contributed by atoms with Crippen LogP contribution in [-0.2, 0) is 5.60 Å². The van der Waals surface area contributed by atoms with Gasteiger partial charge in [0.05, 0.1) is 12.7 Å². The summed E-state index contributed by atoms with van der Waals surface area (Å²) in [5.74, 6) is 0.803. The average Bonchev–Trinajstić information content (AvgIpc) is 2.66. The van der Waals surface area contributed by atoms with Crippen molar-refractivity contribution in [2.24, 2.45) is 0 Å². The minimum atomic E-state index is -0.646. The first kappa shape index (κ1) is 9.53. The van der Waals surface area contributed by atoms with E-state index < -0.39 is 5.60 Å². The van der Waals surface area contributed by atoms with Crippen LogP contribution in [0.25, 0.3) is 0 Å². The molecule has 1 aromatic carbocycles. The second-order valence-electron chi connectivity index (χ2n) is 3.94. The van der Waals surface area contributed by atoms with E-state index in [1.165, 1.54) is 0 Å². The number of rotatable bonds is 2. The van der Waals surface area contributed by atoms with E-state index in [0.29, 0.717) is 0 Å². The molecule has 0 saturated heterocycles. The zero-order chi connectivity index (χ0) is 10.0. The lowest BCUT2D eigenvalue weighted by Gasteiger charge is -2.24. The van der Waals surface area contributed by atoms with Gasteiger partial charge in [-0.3, -0.25) is 0 Å². The Morgan fingerprint density at radius 2 is 1.86 bits per heavy atom. The van der Waals surface area contributed by atoms with Crippen LogP contribution in [0.1, 0.15) is 31.2 Å². The fraction of sp³-hybridized carbons (Fsp3) is 0.500. The highest BCUT2D eigenvalue weighted by atomic mass is 16.5. The van der Waals surface area contributed by atoms with Gasteiger partial charge in [0.2, 0.25) is 0 Å². The van der Waals surface area contributed by atoms with Crippen molar-refractivity contribution in [1.29, 1.82) is 0 Å². The van der Waals surface area contributed by atoms with Gasteiger partial charge in [0.15, 0.2) is 0 Å². The molecule has 0 unspecified atom stereocenters. The van der Waals surface area contributed by atoms with E-state index in [1.54, 1.807) is 7.11 Å². The Bertz CT molecular complexity index is 314. The summed E-state index contributed by atoms with van der Waals surface area (Å²) in [5, 5.41) is 10.4. The summed E-state index contributed by atoms with van der Waals surface area (Å²) in [7, 11) is 1.65. The van der Waals surface area contributed by atoms with Crippen molar-refractivity contribution in [2.75, 3.05) is 7.11 Å². The maximum Gasteiger partial charge on any atom is 0.124 e. The summed E-state index contributed by atoms with van der Waals surface area (Å²) >= 11 is 0. The van der Waals surface area contributed by atoms with Gasteiger partial charge < -0.3 is 9.84 Å². The molecule has 1 aliphatic rings. The quantitative estimate of drug-likeness (QED) is 0.780. The molecule has 0 heterocycles. The number of hydrogen-bond donors (Lipinski definition) is 1. The highest BCUT2D eigenvalue weighted by Gasteiger charge is 2.35. The molecule has 0 atom stereocenters. The van der Waals surface area contributed by atoms with Crippen LogP contribution >= 0.6 is 0 Å². The summed E-state index contributed by atoms with van der Waals surface area (Å²) in [6, 6.07) is 7.75. The molecule has 0 bridgehead atoms. The Hall–Kier alpha value is -1.02. The van der Waals surface area contributed by atoms with Gasteiger partial charge >= 0.3 is 0 Å². The fourth-order valence-corrected chi connectivity index (χ4v) is 2.26. The predicted octanol–water partition coefficient (Wildman–Crippen LogP) is 2.46. The zero-order valence-electron chi connectivity index (χ0n) is 8.49. The molecule has 14 heavy (non-hydrogen) atoms. The van der Waals surface area contributed by atoms with Crippen molar-refractivity contribution in [3.05, 3.63) is 29.8 Å². The van der Waals surface area contributed by atoms with Crippen LogP contribution in [0.15, 0.2) is 24.3 Å². The van der Waals surface area contributed by atoms with E-state index >= 15 is 0 Å². The molecule has 2 rings (SSSR count). The lowest BCUT2D eigenvalue weighted by molar-refractivity contribution is 0.0419. The maximum absolute atomic E-state index is 10.4. The first-order valence-corrected chi connectivity index (χ1v) is 5.12. The van der Waals surface area contributed by atoms with Crippen molar-refractivity contribution in [3.8, 4) is 5.75 Å². The summed E-state index contributed by atoms with van der Waals surface area (Å²) in [5.41, 5.74) is 0.298. The van der Waals surface area contributed by atoms with Crippen molar-refractivity contribution < 1.29 is 9.84 Å². The Morgan fingerprint density at radius 3 is 2.50 bits per heavy atom. The monoisotopic (exact) mass is 192 g/mol. The van der Waals surface area contributed by atoms with Crippen LogP contribution in [0, 0.1) is 0 Å². The minimum Gasteiger partial charge on any atom is -0.496 e. The summed E-state index contributed by atoms with van der Waals surface area (Å²) < 4.78 is 5.26. The molecule has 0 spiro atoms. The lowest BCUT2D eigenvalue weighted by Crippen LogP contribution is -2.21. The third-order valence-corrected chi connectivity index (χ3v) is 3.04. The number of ether oxygens (including phenoxy) is 1. The third kappa shape index (κ3) is 1.50. The third-order valence-electron chi connectivity index (χ3n) is 3.04. The van der Waals surface area contributed by atoms with Gasteiger partial charge in [-0.05, 0) is 18.9 Å². The molecule has 0 aliphatic heterocycles. The molecule has 1 aromatic rings. The van der Waals surface area contributed by atoms with Crippen LogP contribution in [0.2, 0.25) is 0 Å². The molecule has 1 saturated carbocycles. The SMILES string of the molecule is COc1ccccc1C1(O)CCCC1. The van der Waals surface area contributed by atoms with E-state index in [0.717, 1.165) is 37.0 Å². The summed E-state index contributed by atoms with van der Waals surface area (Å²) in [6.45, 7) is 0. The van der Waals surface area contributed by atoms with E-state index in [9.17, 15) is 5.11 Å². The molecule has 0 amide bonds. The van der Waals surface area contributed by atoms with Crippen molar-refractivity contribution in [1.82, 2.24) is 0 Å². The Balaban J connectivity index is 2.39. The van der Waals surface area contributed by atoms with Gasteiger partial charge in [0.25, 0.3) is 0 Å². The highest BCUT2D eigenvalue weighted by molar-refractivity contribution is 5.38. The normalized spacial score (nSPS) is 19.6. The molecule has 1 N–H and O–H groups in total. The molecule has 1 aliphatic carbocycles. The molecule has 76 valence electrons. The summed E-state index contributed by atoms with van der Waals surface area (Å²) in [6.07, 6.45) is 3.92. The maximum atomic E-state index is 10.4. The first-order chi connectivity index (χ1) is 6.76. The van der Waals surface area contributed by atoms with E-state index in [1.807, 2.05) is 24.3 Å². The van der Waals surface area contributed by atoms with Crippen molar-refractivity contribution in [3.63, 3.8) is 0 Å². The molecule has 0 aromatic heterocycles. The Morgan fingerprint density at radius 1 is 1.21 bits per heavy atom. The average molecular weight is 192 g/mol. The van der Waals surface area contributed by atoms with Crippen LogP contribution in [0.3, 0.4) is 0 Å². The van der Waals surface area contributed by atoms with E-state index in [-0.39, 0.29) is 0 Å². The Kier molecular flexibility index (Phi) is 2.46. The largest absolute Gasteiger partial charge is 0.496 e. The molecule has 0 radical (unpaired) electrons. The standard InChI is InChI=1S/C12H16O2/c1-14-11-7-3-2-6-10(11)12(13)8-4-5-9-12/h2-3,6-7,13H,4-5,8-9H2,1H3. The predicted molar refractivity (Wildman–Crippen MR) is 55.4 cm³/mol. The van der Waals surface area contributed by atoms with Crippen LogP contribution < -0.4 is 4.74 Å². The smallest absolute Gasteiger partial charge is 0.124 e. The van der Waals surface area contributed by atoms with Gasteiger partial charge in [-0.1, -0.05) is 31.0 Å². The molecule has 1 fully saturated rings. The minimum absolute atomic E-state index is 0.646. The number of aliphatic hydroxyl groups is 1. The van der Waals surface area contributed by atoms with Gasteiger partial charge in [-0.15, -0.1) is 0 Å². The zero-order valence-corrected chi connectivity index (χ0v) is 8.49. The van der Waals surface area contributed by atoms with Crippen LogP contribution in [0.5, 0.6) is 5.75 Å². The molecule has 2 nitrogen and oxygen atoms in total. The second-order valence-corrected chi connectivity index (χ2v) is 3.94. The first-order valence-electron chi connectivity index (χ1n) is 5.12. The lowest BCUT2D eigenvalue weighted by atomic mass is 9.91.